The smallest absolute Gasteiger partial charge is 0.355 e. The molecule has 0 amide bonds. The van der Waals surface area contributed by atoms with Crippen LogP contribution in [0, 0.1) is 0 Å². The average Bonchev–Trinajstić information content (AvgIpc) is 2.37. The van der Waals surface area contributed by atoms with Crippen LogP contribution in [-0.2, 0) is 10.0 Å². The summed E-state index contributed by atoms with van der Waals surface area (Å²) in [4.78, 5) is 0. The van der Waals surface area contributed by atoms with Crippen molar-refractivity contribution in [3.05, 3.63) is 23.8 Å². The van der Waals surface area contributed by atoms with Crippen LogP contribution in [0.4, 0.5) is 14.5 Å². The van der Waals surface area contributed by atoms with Crippen molar-refractivity contribution in [2.75, 3.05) is 11.8 Å². The molecule has 0 aliphatic heterocycles. The summed E-state index contributed by atoms with van der Waals surface area (Å²) < 4.78 is 53.1. The van der Waals surface area contributed by atoms with Crippen molar-refractivity contribution in [3.63, 3.8) is 0 Å². The molecule has 7 nitrogen and oxygen atoms in total. The molecule has 0 aromatic heterocycles. The fourth-order valence-corrected chi connectivity index (χ4v) is 1.75. The van der Waals surface area contributed by atoms with E-state index in [9.17, 15) is 17.2 Å². The molecule has 106 valence electrons. The number of ether oxygens (including phenoxy) is 1. The summed E-state index contributed by atoms with van der Waals surface area (Å²) in [6.45, 7) is 0. The quantitative estimate of drug-likeness (QED) is 0.321. The van der Waals surface area contributed by atoms with Gasteiger partial charge in [0.05, 0.1) is 12.8 Å². The van der Waals surface area contributed by atoms with Gasteiger partial charge in [-0.1, -0.05) is 5.16 Å². The predicted molar refractivity (Wildman–Crippen MR) is 64.1 cm³/mol. The Morgan fingerprint density at radius 2 is 2.16 bits per heavy atom. The summed E-state index contributed by atoms with van der Waals surface area (Å²) in [6.07, 6.45) is 0. The van der Waals surface area contributed by atoms with E-state index >= 15 is 0 Å². The third-order valence-corrected chi connectivity index (χ3v) is 3.07. The number of halogens is 2. The van der Waals surface area contributed by atoms with Crippen LogP contribution in [0.2, 0.25) is 0 Å². The van der Waals surface area contributed by atoms with Crippen LogP contribution < -0.4 is 15.2 Å². The highest BCUT2D eigenvalue weighted by molar-refractivity contribution is 7.93. The second-order valence-electron chi connectivity index (χ2n) is 3.31. The maximum absolute atomic E-state index is 12.2. The molecule has 0 heterocycles. The van der Waals surface area contributed by atoms with E-state index in [2.05, 4.69) is 5.16 Å². The Bertz CT molecular complexity index is 589. The number of hydrogen-bond acceptors (Lipinski definition) is 5. The van der Waals surface area contributed by atoms with Crippen LogP contribution in [0.25, 0.3) is 0 Å². The zero-order valence-corrected chi connectivity index (χ0v) is 10.5. The fourth-order valence-electron chi connectivity index (χ4n) is 1.19. The number of rotatable bonds is 5. The molecule has 0 spiro atoms. The Morgan fingerprint density at radius 1 is 1.53 bits per heavy atom. The first kappa shape index (κ1) is 15.0. The first-order valence-corrected chi connectivity index (χ1v) is 6.32. The molecule has 10 heteroatoms. The summed E-state index contributed by atoms with van der Waals surface area (Å²) in [6, 6.07) is 3.67. The highest BCUT2D eigenvalue weighted by Crippen LogP contribution is 2.27. The number of nitrogens with two attached hydrogens (primary N) is 1. The molecule has 0 fully saturated rings. The lowest BCUT2D eigenvalue weighted by Gasteiger charge is -2.12. The van der Waals surface area contributed by atoms with Crippen molar-refractivity contribution in [1.82, 2.24) is 0 Å². The highest BCUT2D eigenvalue weighted by atomic mass is 32.2. The first-order valence-electron chi connectivity index (χ1n) is 4.77. The van der Waals surface area contributed by atoms with Crippen molar-refractivity contribution < 1.29 is 27.1 Å². The van der Waals surface area contributed by atoms with E-state index in [0.29, 0.717) is 0 Å². The van der Waals surface area contributed by atoms with Crippen LogP contribution in [0.1, 0.15) is 5.56 Å². The van der Waals surface area contributed by atoms with Gasteiger partial charge in [-0.3, -0.25) is 4.72 Å². The third kappa shape index (κ3) is 3.44. The molecular formula is C9H11F2N3O4S. The molecule has 0 bridgehead atoms. The first-order chi connectivity index (χ1) is 8.81. The number of nitrogens with zero attached hydrogens (tertiary/aromatic N) is 1. The topological polar surface area (TPSA) is 114 Å². The number of nitrogens with one attached hydrogen (secondary N) is 1. The Labute approximate surface area is 107 Å². The van der Waals surface area contributed by atoms with Gasteiger partial charge < -0.3 is 15.7 Å². The van der Waals surface area contributed by atoms with Crippen LogP contribution in [-0.4, -0.2) is 32.3 Å². The van der Waals surface area contributed by atoms with Crippen LogP contribution in [0.15, 0.2) is 23.4 Å². The molecule has 19 heavy (non-hydrogen) atoms. The van der Waals surface area contributed by atoms with E-state index in [1.54, 1.807) is 4.72 Å². The SMILES string of the molecule is COc1cc(/C(N)=N/O)ccc1NS(=O)(=O)C(F)F. The number of oxime groups is 1. The largest absolute Gasteiger partial charge is 0.495 e. The Hall–Kier alpha value is -2.10. The maximum Gasteiger partial charge on any atom is 0.355 e. The normalized spacial score (nSPS) is 12.5. The minimum Gasteiger partial charge on any atom is -0.495 e. The third-order valence-electron chi connectivity index (χ3n) is 2.09. The Balaban J connectivity index is 3.17. The van der Waals surface area contributed by atoms with Gasteiger partial charge >= 0.3 is 5.76 Å². The van der Waals surface area contributed by atoms with E-state index in [4.69, 9.17) is 15.7 Å². The number of amidine groups is 1. The van der Waals surface area contributed by atoms with Gasteiger partial charge in [-0.25, -0.2) is 8.42 Å². The summed E-state index contributed by atoms with van der Waals surface area (Å²) in [5.41, 5.74) is 5.38. The summed E-state index contributed by atoms with van der Waals surface area (Å²) in [5, 5.41) is 11.2. The van der Waals surface area contributed by atoms with Crippen molar-refractivity contribution >= 4 is 21.5 Å². The van der Waals surface area contributed by atoms with E-state index in [0.717, 1.165) is 6.07 Å². The number of methoxy groups -OCH3 is 1. The molecule has 4 N–H and O–H groups in total. The molecule has 0 saturated heterocycles. The van der Waals surface area contributed by atoms with Gasteiger partial charge in [0.1, 0.15) is 5.75 Å². The average molecular weight is 295 g/mol. The maximum atomic E-state index is 12.2. The van der Waals surface area contributed by atoms with Gasteiger partial charge in [0, 0.05) is 5.56 Å². The van der Waals surface area contributed by atoms with Gasteiger partial charge in [-0.2, -0.15) is 8.78 Å². The van der Waals surface area contributed by atoms with Crippen LogP contribution in [0.5, 0.6) is 5.75 Å². The van der Waals surface area contributed by atoms with Gasteiger partial charge in [-0.05, 0) is 18.2 Å². The zero-order valence-electron chi connectivity index (χ0n) is 9.67. The van der Waals surface area contributed by atoms with Crippen LogP contribution in [0.3, 0.4) is 0 Å². The summed E-state index contributed by atoms with van der Waals surface area (Å²) >= 11 is 0. The molecule has 0 radical (unpaired) electrons. The molecule has 0 unspecified atom stereocenters. The van der Waals surface area contributed by atoms with Crippen molar-refractivity contribution in [3.8, 4) is 5.75 Å². The Morgan fingerprint density at radius 3 is 2.63 bits per heavy atom. The molecule has 0 saturated carbocycles. The standard InChI is InChI=1S/C9H11F2N3O4S/c1-18-7-4-5(8(12)13-15)2-3-6(7)14-19(16,17)9(10)11/h2-4,9,14-15H,1H3,(H2,12,13). The summed E-state index contributed by atoms with van der Waals surface area (Å²) in [5.74, 6) is -3.85. The van der Waals surface area contributed by atoms with Gasteiger partial charge in [-0.15, -0.1) is 0 Å². The molecule has 0 aliphatic carbocycles. The highest BCUT2D eigenvalue weighted by Gasteiger charge is 2.25. The minimum absolute atomic E-state index is 0.0478. The summed E-state index contributed by atoms with van der Waals surface area (Å²) in [7, 11) is -3.58. The zero-order chi connectivity index (χ0) is 14.6. The number of sulfonamides is 1. The second-order valence-corrected chi connectivity index (χ2v) is 4.96. The van der Waals surface area contributed by atoms with E-state index in [-0.39, 0.29) is 22.8 Å². The van der Waals surface area contributed by atoms with Crippen molar-refractivity contribution in [2.24, 2.45) is 10.9 Å². The molecule has 1 aromatic rings. The number of alkyl halides is 2. The van der Waals surface area contributed by atoms with Gasteiger partial charge in [0.25, 0.3) is 10.0 Å². The van der Waals surface area contributed by atoms with E-state index < -0.39 is 15.8 Å². The lowest BCUT2D eigenvalue weighted by Crippen LogP contribution is -2.21. The number of hydrogen-bond donors (Lipinski definition) is 3. The van der Waals surface area contributed by atoms with E-state index in [1.165, 1.54) is 19.2 Å². The van der Waals surface area contributed by atoms with Crippen molar-refractivity contribution in [2.45, 2.75) is 5.76 Å². The lowest BCUT2D eigenvalue weighted by atomic mass is 10.2. The molecule has 1 aromatic carbocycles. The number of benzene rings is 1. The Kier molecular flexibility index (Phi) is 4.48. The van der Waals surface area contributed by atoms with Crippen LogP contribution >= 0.6 is 0 Å². The lowest BCUT2D eigenvalue weighted by molar-refractivity contribution is 0.236. The molecular weight excluding hydrogens is 284 g/mol. The predicted octanol–water partition coefficient (Wildman–Crippen LogP) is 0.754. The fraction of sp³-hybridized carbons (Fsp3) is 0.222. The second kappa shape index (κ2) is 5.69. The van der Waals surface area contributed by atoms with Crippen molar-refractivity contribution in [1.29, 1.82) is 0 Å². The molecule has 1 rings (SSSR count). The monoisotopic (exact) mass is 295 g/mol. The van der Waals surface area contributed by atoms with E-state index in [1.807, 2.05) is 0 Å². The minimum atomic E-state index is -4.80. The molecule has 0 atom stereocenters. The molecule has 0 aliphatic rings. The van der Waals surface area contributed by atoms with Gasteiger partial charge in [0.15, 0.2) is 5.84 Å². The van der Waals surface area contributed by atoms with Gasteiger partial charge in [0.2, 0.25) is 0 Å². The number of anilines is 1.